The fourth-order valence-electron chi connectivity index (χ4n) is 5.47. The van der Waals surface area contributed by atoms with Gasteiger partial charge >= 0.3 is 0 Å². The number of furan rings is 1. The first-order valence-corrected chi connectivity index (χ1v) is 13.4. The second-order valence-corrected chi connectivity index (χ2v) is 10.5. The Hall–Kier alpha value is -4.75. The molecule has 2 aromatic heterocycles. The third kappa shape index (κ3) is 4.34. The minimum absolute atomic E-state index is 0.0169. The Kier molecular flexibility index (Phi) is 5.85. The van der Waals surface area contributed by atoms with Crippen LogP contribution in [0, 0.1) is 30.0 Å². The zero-order valence-electron chi connectivity index (χ0n) is 24.9. The lowest BCUT2D eigenvalue weighted by Crippen LogP contribution is -2.32. The fraction of sp³-hybridized carbons (Fsp3) is 0.167. The van der Waals surface area contributed by atoms with Crippen molar-refractivity contribution in [1.82, 2.24) is 0 Å². The van der Waals surface area contributed by atoms with Gasteiger partial charge in [0.05, 0.1) is 17.2 Å². The van der Waals surface area contributed by atoms with Crippen LogP contribution in [0.4, 0.5) is 4.39 Å². The summed E-state index contributed by atoms with van der Waals surface area (Å²) in [6.07, 6.45) is -0.526. The molecular weight excluding hydrogens is 495 g/mol. The van der Waals surface area contributed by atoms with Gasteiger partial charge in [-0.15, -0.1) is 0 Å². The predicted octanol–water partition coefficient (Wildman–Crippen LogP) is 8.93. The molecule has 4 heteroatoms. The fourth-order valence-corrected chi connectivity index (χ4v) is 5.47. The molecule has 0 radical (unpaired) electrons. The van der Waals surface area contributed by atoms with Gasteiger partial charge in [0.2, 0.25) is 11.9 Å². The topological polar surface area (TPSA) is 40.8 Å². The number of rotatable bonds is 5. The summed E-state index contributed by atoms with van der Waals surface area (Å²) in [5.41, 5.74) is 7.74. The number of pyridine rings is 1. The van der Waals surface area contributed by atoms with E-state index in [1.165, 1.54) is 6.20 Å². The maximum absolute atomic E-state index is 15.1. The van der Waals surface area contributed by atoms with Gasteiger partial charge in [-0.1, -0.05) is 74.5 Å². The number of fused-ring (bicyclic) bond motifs is 3. The first kappa shape index (κ1) is 23.2. The highest BCUT2D eigenvalue weighted by molar-refractivity contribution is 6.14. The summed E-state index contributed by atoms with van der Waals surface area (Å²) in [6, 6.07) is 29.9. The van der Waals surface area contributed by atoms with Crippen LogP contribution in [0.25, 0.3) is 55.4 Å². The molecule has 0 N–H and O–H groups in total. The molecule has 6 aromatic rings. The molecule has 0 aliphatic rings. The monoisotopic (exact) mass is 527 g/mol. The number of halogens is 1. The highest BCUT2D eigenvalue weighted by atomic mass is 19.1. The van der Waals surface area contributed by atoms with E-state index < -0.39 is 18.1 Å². The molecule has 0 fully saturated rings. The number of nitrogens with zero attached hydrogens (tertiary/aromatic N) is 2. The molecule has 196 valence electrons. The van der Waals surface area contributed by atoms with Crippen molar-refractivity contribution in [3.8, 4) is 39.6 Å². The van der Waals surface area contributed by atoms with Gasteiger partial charge in [-0.3, -0.25) is 0 Å². The largest absolute Gasteiger partial charge is 0.454 e. The smallest absolute Gasteiger partial charge is 0.216 e. The van der Waals surface area contributed by atoms with Gasteiger partial charge in [-0.05, 0) is 59.7 Å². The summed E-state index contributed by atoms with van der Waals surface area (Å²) in [5, 5.41) is 11.9. The van der Waals surface area contributed by atoms with Crippen molar-refractivity contribution >= 4 is 21.9 Å². The van der Waals surface area contributed by atoms with Crippen LogP contribution in [0.1, 0.15) is 33.3 Å². The normalized spacial score (nSPS) is 12.5. The number of aryl methyl sites for hydroxylation is 2. The Morgan fingerprint density at radius 1 is 0.875 bits per heavy atom. The molecule has 3 nitrogen and oxygen atoms in total. The summed E-state index contributed by atoms with van der Waals surface area (Å²) in [4.78, 5) is 0. The molecule has 0 saturated heterocycles. The van der Waals surface area contributed by atoms with Crippen molar-refractivity contribution in [1.29, 1.82) is 5.26 Å². The highest BCUT2D eigenvalue weighted by Gasteiger charge is 2.25. The van der Waals surface area contributed by atoms with Crippen LogP contribution in [0.3, 0.4) is 0 Å². The molecular formula is C36H30FN2O+. The van der Waals surface area contributed by atoms with E-state index in [4.69, 9.17) is 7.16 Å². The minimum Gasteiger partial charge on any atom is -0.454 e. The molecule has 0 aliphatic heterocycles. The highest BCUT2D eigenvalue weighted by Crippen LogP contribution is 2.42. The lowest BCUT2D eigenvalue weighted by atomic mass is 9.94. The molecule has 0 saturated carbocycles. The quantitative estimate of drug-likeness (QED) is 0.210. The first-order valence-electron chi connectivity index (χ1n) is 14.4. The Labute approximate surface area is 236 Å². The van der Waals surface area contributed by atoms with Gasteiger partial charge < -0.3 is 4.42 Å². The third-order valence-electron chi connectivity index (χ3n) is 7.32. The first-order chi connectivity index (χ1) is 20.1. The second kappa shape index (κ2) is 10.1. The summed E-state index contributed by atoms with van der Waals surface area (Å²) >= 11 is 0. The van der Waals surface area contributed by atoms with Crippen LogP contribution in [0.5, 0.6) is 0 Å². The molecule has 0 amide bonds. The van der Waals surface area contributed by atoms with E-state index in [0.717, 1.165) is 38.6 Å². The molecule has 4 aromatic carbocycles. The van der Waals surface area contributed by atoms with E-state index in [0.29, 0.717) is 28.0 Å². The van der Waals surface area contributed by atoms with E-state index in [-0.39, 0.29) is 5.56 Å². The number of benzene rings is 4. The van der Waals surface area contributed by atoms with E-state index in [1.54, 1.807) is 31.5 Å². The molecule has 6 rings (SSSR count). The second-order valence-electron chi connectivity index (χ2n) is 10.5. The number of hydrogen-bond acceptors (Lipinski definition) is 2. The third-order valence-corrected chi connectivity index (χ3v) is 7.32. The molecule has 0 aliphatic carbocycles. The van der Waals surface area contributed by atoms with Crippen LogP contribution in [0.15, 0.2) is 95.5 Å². The van der Waals surface area contributed by atoms with E-state index >= 15 is 4.39 Å². The maximum atomic E-state index is 15.1. The molecule has 40 heavy (non-hydrogen) atoms. The van der Waals surface area contributed by atoms with Crippen molar-refractivity contribution in [3.05, 3.63) is 114 Å². The van der Waals surface area contributed by atoms with Crippen LogP contribution in [-0.2, 0) is 13.4 Å². The summed E-state index contributed by atoms with van der Waals surface area (Å²) in [7, 11) is 1.75. The Bertz CT molecular complexity index is 2040. The lowest BCUT2D eigenvalue weighted by Gasteiger charge is -2.10. The standard InChI is InChI=1S/C36H30FN2O/c1-22(2)17-28-19-32(39(4)21-31(28)37)33-23(3)13-15-29-30-16-14-27(20-38)34(36(30)40-35(29)33)26-12-8-11-25(18-26)24-9-6-5-7-10-24/h5-16,18-19,21-22H,17H2,1-4H3/q+1/i17D2. The Morgan fingerprint density at radius 2 is 1.55 bits per heavy atom. The zero-order valence-corrected chi connectivity index (χ0v) is 22.9. The zero-order chi connectivity index (χ0) is 29.8. The van der Waals surface area contributed by atoms with E-state index in [1.807, 2.05) is 67.6 Å². The predicted molar refractivity (Wildman–Crippen MR) is 159 cm³/mol. The number of aromatic nitrogens is 1. The molecule has 2 heterocycles. The van der Waals surface area contributed by atoms with E-state index in [2.05, 4.69) is 24.3 Å². The molecule has 0 atom stereocenters. The van der Waals surface area contributed by atoms with Gasteiger partial charge in [-0.2, -0.15) is 9.83 Å². The lowest BCUT2D eigenvalue weighted by molar-refractivity contribution is -0.662. The summed E-state index contributed by atoms with van der Waals surface area (Å²) in [6.45, 7) is 5.46. The summed E-state index contributed by atoms with van der Waals surface area (Å²) in [5.74, 6) is -1.01. The maximum Gasteiger partial charge on any atom is 0.216 e. The van der Waals surface area contributed by atoms with Crippen molar-refractivity contribution in [2.45, 2.75) is 27.1 Å². The number of hydrogen-bond donors (Lipinski definition) is 0. The summed E-state index contributed by atoms with van der Waals surface area (Å²) < 4.78 is 40.7. The van der Waals surface area contributed by atoms with Gasteiger partial charge in [0, 0.05) is 30.7 Å². The van der Waals surface area contributed by atoms with Crippen LogP contribution in [-0.4, -0.2) is 0 Å². The van der Waals surface area contributed by atoms with Gasteiger partial charge in [0.15, 0.2) is 5.82 Å². The molecule has 0 unspecified atom stereocenters. The minimum atomic E-state index is -1.86. The average molecular weight is 528 g/mol. The Morgan fingerprint density at radius 3 is 2.27 bits per heavy atom. The van der Waals surface area contributed by atoms with Crippen molar-refractivity contribution in [3.63, 3.8) is 0 Å². The van der Waals surface area contributed by atoms with Gasteiger partial charge in [0.25, 0.3) is 0 Å². The Balaban J connectivity index is 1.64. The molecule has 0 bridgehead atoms. The van der Waals surface area contributed by atoms with Crippen molar-refractivity contribution in [2.24, 2.45) is 13.0 Å². The van der Waals surface area contributed by atoms with Crippen LogP contribution >= 0.6 is 0 Å². The van der Waals surface area contributed by atoms with E-state index in [9.17, 15) is 5.26 Å². The van der Waals surface area contributed by atoms with Crippen LogP contribution < -0.4 is 4.57 Å². The van der Waals surface area contributed by atoms with Gasteiger partial charge in [0.1, 0.15) is 18.2 Å². The van der Waals surface area contributed by atoms with Crippen LogP contribution in [0.2, 0.25) is 0 Å². The SMILES string of the molecule is [2H]C([2H])(c1cc(-c2c(C)ccc3c2oc2c(-c4cccc(-c5ccccc5)c4)c(C#N)ccc23)[n+](C)cc1F)C(C)C. The molecule has 0 spiro atoms. The average Bonchev–Trinajstić information content (AvgIpc) is 3.36. The number of nitriles is 1. The van der Waals surface area contributed by atoms with Gasteiger partial charge in [-0.25, -0.2) is 4.39 Å². The van der Waals surface area contributed by atoms with Crippen molar-refractivity contribution in [2.75, 3.05) is 0 Å². The van der Waals surface area contributed by atoms with Crippen molar-refractivity contribution < 1.29 is 16.1 Å².